The number of benzene rings is 3. The second-order valence-electron chi connectivity index (χ2n) is 7.49. The molecule has 5 aromatic rings. The number of nitrogen functional groups attached to an aromatic ring is 1. The van der Waals surface area contributed by atoms with Gasteiger partial charge in [-0.3, -0.25) is 9.36 Å². The van der Waals surface area contributed by atoms with Gasteiger partial charge in [0.25, 0.3) is 5.91 Å². The Labute approximate surface area is 194 Å². The molecular weight excluding hydrogens is 438 g/mol. The monoisotopic (exact) mass is 457 g/mol. The van der Waals surface area contributed by atoms with Crippen molar-refractivity contribution >= 4 is 45.5 Å². The third kappa shape index (κ3) is 3.83. The smallest absolute Gasteiger partial charge is 0.257 e. The van der Waals surface area contributed by atoms with Crippen LogP contribution in [0.4, 0.5) is 5.82 Å². The summed E-state index contributed by atoms with van der Waals surface area (Å²) < 4.78 is 7.01. The van der Waals surface area contributed by atoms with Crippen molar-refractivity contribution in [2.45, 2.75) is 6.54 Å². The van der Waals surface area contributed by atoms with Crippen LogP contribution in [0, 0.1) is 0 Å². The summed E-state index contributed by atoms with van der Waals surface area (Å²) in [5, 5.41) is 3.57. The first-order chi connectivity index (χ1) is 16.0. The Morgan fingerprint density at radius 1 is 1.00 bits per heavy atom. The van der Waals surface area contributed by atoms with Crippen molar-refractivity contribution in [2.75, 3.05) is 12.8 Å². The lowest BCUT2D eigenvalue weighted by atomic mass is 10.2. The number of rotatable bonds is 5. The third-order valence-corrected chi connectivity index (χ3v) is 5.67. The van der Waals surface area contributed by atoms with E-state index < -0.39 is 0 Å². The van der Waals surface area contributed by atoms with Crippen molar-refractivity contribution < 1.29 is 9.53 Å². The number of hydrogen-bond acceptors (Lipinski definition) is 5. The van der Waals surface area contributed by atoms with Crippen LogP contribution in [0.3, 0.4) is 0 Å². The van der Waals surface area contributed by atoms with Crippen LogP contribution in [0.15, 0.2) is 72.8 Å². The van der Waals surface area contributed by atoms with Crippen molar-refractivity contribution in [3.8, 4) is 11.4 Å². The van der Waals surface area contributed by atoms with Crippen LogP contribution in [-0.4, -0.2) is 27.6 Å². The highest BCUT2D eigenvalue weighted by molar-refractivity contribution is 6.30. The first-order valence-corrected chi connectivity index (χ1v) is 10.7. The number of hydrogen-bond donors (Lipinski definition) is 2. The number of amides is 1. The number of ether oxygens (including phenoxy) is 1. The summed E-state index contributed by atoms with van der Waals surface area (Å²) in [4.78, 5) is 22.8. The van der Waals surface area contributed by atoms with Gasteiger partial charge in [-0.1, -0.05) is 35.9 Å². The molecule has 3 N–H and O–H groups in total. The Balaban J connectivity index is 1.63. The molecule has 0 saturated carbocycles. The zero-order valence-corrected chi connectivity index (χ0v) is 18.5. The minimum Gasteiger partial charge on any atom is -0.497 e. The summed E-state index contributed by atoms with van der Waals surface area (Å²) in [6.45, 7) is 0.325. The average molecular weight is 458 g/mol. The number of anilines is 1. The third-order valence-electron chi connectivity index (χ3n) is 5.42. The van der Waals surface area contributed by atoms with Gasteiger partial charge < -0.3 is 15.8 Å². The Bertz CT molecular complexity index is 1480. The van der Waals surface area contributed by atoms with E-state index in [1.165, 1.54) is 0 Å². The molecule has 7 nitrogen and oxygen atoms in total. The molecule has 5 rings (SSSR count). The summed E-state index contributed by atoms with van der Waals surface area (Å²) in [5.41, 5.74) is 10.8. The van der Waals surface area contributed by atoms with Crippen molar-refractivity contribution in [2.24, 2.45) is 0 Å². The fourth-order valence-electron chi connectivity index (χ4n) is 3.75. The van der Waals surface area contributed by atoms with Crippen LogP contribution in [0.2, 0.25) is 5.02 Å². The van der Waals surface area contributed by atoms with E-state index in [9.17, 15) is 4.79 Å². The molecule has 0 saturated heterocycles. The Morgan fingerprint density at radius 3 is 2.33 bits per heavy atom. The van der Waals surface area contributed by atoms with E-state index in [2.05, 4.69) is 5.32 Å². The predicted molar refractivity (Wildman–Crippen MR) is 130 cm³/mol. The number of nitrogens with two attached hydrogens (primary N) is 1. The number of aromatic nitrogens is 3. The number of nitrogens with one attached hydrogen (secondary N) is 1. The largest absolute Gasteiger partial charge is 0.497 e. The quantitative estimate of drug-likeness (QED) is 0.397. The topological polar surface area (TPSA) is 95.1 Å². The first kappa shape index (κ1) is 20.8. The first-order valence-electron chi connectivity index (χ1n) is 10.3. The minimum atomic E-state index is -0.329. The van der Waals surface area contributed by atoms with Gasteiger partial charge >= 0.3 is 0 Å². The number of carbonyl (C=O) groups excluding carboxylic acids is 1. The number of nitrogens with zero attached hydrogens (tertiary/aromatic N) is 3. The van der Waals surface area contributed by atoms with Gasteiger partial charge in [0.1, 0.15) is 22.6 Å². The van der Waals surface area contributed by atoms with Crippen LogP contribution in [0.25, 0.3) is 27.9 Å². The van der Waals surface area contributed by atoms with Crippen molar-refractivity contribution in [3.05, 3.63) is 88.9 Å². The normalized spacial score (nSPS) is 11.1. The molecule has 2 heterocycles. The van der Waals surface area contributed by atoms with Gasteiger partial charge in [-0.15, -0.1) is 0 Å². The Kier molecular flexibility index (Phi) is 5.32. The predicted octanol–water partition coefficient (Wildman–Crippen LogP) is 4.75. The molecule has 0 aliphatic heterocycles. The van der Waals surface area contributed by atoms with E-state index in [1.54, 1.807) is 23.8 Å². The molecule has 33 heavy (non-hydrogen) atoms. The number of methoxy groups -OCH3 is 1. The van der Waals surface area contributed by atoms with Gasteiger partial charge in [0.2, 0.25) is 0 Å². The molecule has 2 aromatic heterocycles. The van der Waals surface area contributed by atoms with Crippen LogP contribution in [-0.2, 0) is 6.54 Å². The van der Waals surface area contributed by atoms with Gasteiger partial charge in [0, 0.05) is 17.3 Å². The fourth-order valence-corrected chi connectivity index (χ4v) is 3.88. The van der Waals surface area contributed by atoms with E-state index in [0.29, 0.717) is 39.5 Å². The van der Waals surface area contributed by atoms with E-state index in [1.807, 2.05) is 60.7 Å². The van der Waals surface area contributed by atoms with Gasteiger partial charge in [-0.25, -0.2) is 9.97 Å². The molecule has 8 heteroatoms. The maximum Gasteiger partial charge on any atom is 0.257 e. The van der Waals surface area contributed by atoms with Gasteiger partial charge in [0.05, 0.1) is 18.1 Å². The maximum atomic E-state index is 13.3. The van der Waals surface area contributed by atoms with Crippen LogP contribution in [0.1, 0.15) is 15.9 Å². The molecule has 3 aromatic carbocycles. The molecule has 0 bridgehead atoms. The molecule has 0 fully saturated rings. The van der Waals surface area contributed by atoms with E-state index in [-0.39, 0.29) is 17.3 Å². The zero-order chi connectivity index (χ0) is 22.9. The SMILES string of the molecule is COc1ccc(-n2c(N)c(C(=O)NCc3ccc(Cl)cc3)c3nc4ccccc4nc32)cc1. The van der Waals surface area contributed by atoms with Crippen molar-refractivity contribution in [3.63, 3.8) is 0 Å². The second kappa shape index (κ2) is 8.44. The average Bonchev–Trinajstić information content (AvgIpc) is 3.12. The van der Waals surface area contributed by atoms with Crippen LogP contribution < -0.4 is 15.8 Å². The minimum absolute atomic E-state index is 0.263. The summed E-state index contributed by atoms with van der Waals surface area (Å²) in [6.07, 6.45) is 0. The summed E-state index contributed by atoms with van der Waals surface area (Å²) in [5.74, 6) is 0.648. The second-order valence-corrected chi connectivity index (χ2v) is 7.92. The molecule has 0 aliphatic rings. The number of halogens is 1. The molecule has 1 amide bonds. The lowest BCUT2D eigenvalue weighted by Crippen LogP contribution is -2.24. The Hall–Kier alpha value is -4.10. The Morgan fingerprint density at radius 2 is 1.67 bits per heavy atom. The van der Waals surface area contributed by atoms with Crippen LogP contribution in [0.5, 0.6) is 5.75 Å². The molecule has 0 aliphatic carbocycles. The lowest BCUT2D eigenvalue weighted by molar-refractivity contribution is 0.0953. The van der Waals surface area contributed by atoms with Crippen LogP contribution >= 0.6 is 11.6 Å². The number of para-hydroxylation sites is 2. The van der Waals surface area contributed by atoms with Crippen molar-refractivity contribution in [1.29, 1.82) is 0 Å². The maximum absolute atomic E-state index is 13.3. The van der Waals surface area contributed by atoms with E-state index in [0.717, 1.165) is 11.3 Å². The highest BCUT2D eigenvalue weighted by atomic mass is 35.5. The van der Waals surface area contributed by atoms with Crippen molar-refractivity contribution in [1.82, 2.24) is 19.9 Å². The zero-order valence-electron chi connectivity index (χ0n) is 17.7. The molecule has 0 spiro atoms. The molecule has 0 radical (unpaired) electrons. The highest BCUT2D eigenvalue weighted by Gasteiger charge is 2.24. The fraction of sp³-hybridized carbons (Fsp3) is 0.0800. The molecule has 164 valence electrons. The lowest BCUT2D eigenvalue weighted by Gasteiger charge is -2.09. The molecular formula is C25H20ClN5O2. The highest BCUT2D eigenvalue weighted by Crippen LogP contribution is 2.31. The summed E-state index contributed by atoms with van der Waals surface area (Å²) >= 11 is 5.95. The van der Waals surface area contributed by atoms with E-state index in [4.69, 9.17) is 32.0 Å². The molecule has 0 atom stereocenters. The number of fused-ring (bicyclic) bond motifs is 2. The standard InChI is InChI=1S/C25H20ClN5O2/c1-33-18-12-10-17(11-13-18)31-23(27)21(25(32)28-14-15-6-8-16(26)9-7-15)22-24(31)30-20-5-3-2-4-19(20)29-22/h2-13H,14,27H2,1H3,(H,28,32). The number of carbonyl (C=O) groups is 1. The van der Waals surface area contributed by atoms with Gasteiger partial charge in [0.15, 0.2) is 5.65 Å². The van der Waals surface area contributed by atoms with Gasteiger partial charge in [-0.2, -0.15) is 0 Å². The summed E-state index contributed by atoms with van der Waals surface area (Å²) in [6, 6.07) is 22.2. The molecule has 0 unspecified atom stereocenters. The van der Waals surface area contributed by atoms with E-state index >= 15 is 0 Å². The van der Waals surface area contributed by atoms with Gasteiger partial charge in [-0.05, 0) is 54.1 Å². The summed E-state index contributed by atoms with van der Waals surface area (Å²) in [7, 11) is 1.61.